The summed E-state index contributed by atoms with van der Waals surface area (Å²) < 4.78 is 10.5. The minimum Gasteiger partial charge on any atom is -0.497 e. The molecule has 23 heavy (non-hydrogen) atoms. The van der Waals surface area contributed by atoms with E-state index in [1.165, 1.54) is 0 Å². The first-order valence-electron chi connectivity index (χ1n) is 8.30. The number of aliphatic hydroxyl groups is 2. The second-order valence-electron chi connectivity index (χ2n) is 7.16. The van der Waals surface area contributed by atoms with E-state index < -0.39 is 5.60 Å². The summed E-state index contributed by atoms with van der Waals surface area (Å²) >= 11 is 0. The molecule has 0 radical (unpaired) electrons. The lowest BCUT2D eigenvalue weighted by atomic mass is 9.83. The van der Waals surface area contributed by atoms with Crippen molar-refractivity contribution in [3.63, 3.8) is 0 Å². The minimum atomic E-state index is -0.927. The predicted molar refractivity (Wildman–Crippen MR) is 87.5 cm³/mol. The molecule has 1 aromatic rings. The molecule has 2 atom stereocenters. The highest BCUT2D eigenvalue weighted by atomic mass is 16.5. The Bertz CT molecular complexity index is 519. The van der Waals surface area contributed by atoms with Crippen LogP contribution in [0.2, 0.25) is 0 Å². The van der Waals surface area contributed by atoms with E-state index >= 15 is 0 Å². The van der Waals surface area contributed by atoms with Crippen LogP contribution in [-0.4, -0.2) is 61.2 Å². The summed E-state index contributed by atoms with van der Waals surface area (Å²) in [6.07, 6.45) is 2.03. The largest absolute Gasteiger partial charge is 0.497 e. The third-order valence-corrected chi connectivity index (χ3v) is 5.38. The van der Waals surface area contributed by atoms with Gasteiger partial charge in [-0.3, -0.25) is 4.90 Å². The van der Waals surface area contributed by atoms with E-state index in [0.29, 0.717) is 13.2 Å². The van der Waals surface area contributed by atoms with Gasteiger partial charge in [0.05, 0.1) is 32.3 Å². The third-order valence-electron chi connectivity index (χ3n) is 5.38. The van der Waals surface area contributed by atoms with Crippen LogP contribution >= 0.6 is 0 Å². The molecule has 0 spiro atoms. The summed E-state index contributed by atoms with van der Waals surface area (Å²) in [5.74, 6) is 0.790. The number of nitrogens with zero attached hydrogens (tertiary/aromatic N) is 1. The molecule has 0 saturated carbocycles. The van der Waals surface area contributed by atoms with Crippen molar-refractivity contribution in [2.24, 2.45) is 5.41 Å². The van der Waals surface area contributed by atoms with Crippen LogP contribution in [0.1, 0.15) is 25.3 Å². The molecule has 2 heterocycles. The van der Waals surface area contributed by atoms with Gasteiger partial charge in [0.15, 0.2) is 0 Å². The van der Waals surface area contributed by atoms with E-state index in [1.807, 2.05) is 31.2 Å². The zero-order valence-corrected chi connectivity index (χ0v) is 14.0. The monoisotopic (exact) mass is 321 g/mol. The molecule has 1 aromatic carbocycles. The summed E-state index contributed by atoms with van der Waals surface area (Å²) in [7, 11) is 1.64. The first-order chi connectivity index (χ1) is 11.0. The summed E-state index contributed by atoms with van der Waals surface area (Å²) in [5.41, 5.74) is -0.180. The van der Waals surface area contributed by atoms with Crippen molar-refractivity contribution in [1.82, 2.24) is 4.90 Å². The van der Waals surface area contributed by atoms with Crippen molar-refractivity contribution in [3.8, 4) is 5.75 Å². The predicted octanol–water partition coefficient (Wildman–Crippen LogP) is 1.38. The maximum Gasteiger partial charge on any atom is 0.118 e. The lowest BCUT2D eigenvalue weighted by molar-refractivity contribution is -0.156. The van der Waals surface area contributed by atoms with Gasteiger partial charge < -0.3 is 19.7 Å². The third kappa shape index (κ3) is 3.11. The van der Waals surface area contributed by atoms with E-state index in [4.69, 9.17) is 9.47 Å². The first kappa shape index (κ1) is 16.7. The maximum absolute atomic E-state index is 11.2. The lowest BCUT2D eigenvalue weighted by Crippen LogP contribution is -2.56. The van der Waals surface area contributed by atoms with Crippen LogP contribution in [0.4, 0.5) is 0 Å². The van der Waals surface area contributed by atoms with Crippen molar-refractivity contribution in [2.75, 3.05) is 40.0 Å². The number of ether oxygens (including phenoxy) is 2. The minimum absolute atomic E-state index is 0.0555. The molecule has 5 heteroatoms. The molecule has 0 aliphatic carbocycles. The summed E-state index contributed by atoms with van der Waals surface area (Å²) in [4.78, 5) is 2.32. The van der Waals surface area contributed by atoms with Crippen LogP contribution in [0.3, 0.4) is 0 Å². The highest BCUT2D eigenvalue weighted by Crippen LogP contribution is 2.38. The Morgan fingerprint density at radius 1 is 1.35 bits per heavy atom. The number of rotatable bonds is 6. The number of aliphatic hydroxyl groups excluding tert-OH is 1. The topological polar surface area (TPSA) is 62.2 Å². The Kier molecular flexibility index (Phi) is 4.65. The molecule has 0 amide bonds. The molecule has 2 N–H and O–H groups in total. The Morgan fingerprint density at radius 3 is 2.57 bits per heavy atom. The van der Waals surface area contributed by atoms with Crippen LogP contribution in [0.15, 0.2) is 24.3 Å². The molecule has 2 aliphatic heterocycles. The number of likely N-dealkylation sites (tertiary alicyclic amines) is 1. The van der Waals surface area contributed by atoms with Crippen molar-refractivity contribution < 1.29 is 19.7 Å². The van der Waals surface area contributed by atoms with Crippen molar-refractivity contribution in [2.45, 2.75) is 31.4 Å². The normalized spacial score (nSPS) is 26.5. The van der Waals surface area contributed by atoms with E-state index in [0.717, 1.165) is 37.2 Å². The fourth-order valence-corrected chi connectivity index (χ4v) is 3.83. The Hall–Kier alpha value is -1.14. The molecule has 5 nitrogen and oxygen atoms in total. The SMILES string of the molecule is COc1ccc(C(C)(O)C2CCCN2CC2(CO)COC2)cc1. The van der Waals surface area contributed by atoms with Gasteiger partial charge >= 0.3 is 0 Å². The van der Waals surface area contributed by atoms with Gasteiger partial charge in [-0.25, -0.2) is 0 Å². The van der Waals surface area contributed by atoms with Gasteiger partial charge in [-0.05, 0) is 44.0 Å². The standard InChI is InChI=1S/C18H27NO4/c1-17(21,14-5-7-15(22-2)8-6-14)16-4-3-9-19(16)10-18(11-20)12-23-13-18/h5-8,16,20-21H,3-4,9-13H2,1-2H3. The number of methoxy groups -OCH3 is 1. The second kappa shape index (κ2) is 6.40. The fourth-order valence-electron chi connectivity index (χ4n) is 3.83. The van der Waals surface area contributed by atoms with Crippen LogP contribution in [0.25, 0.3) is 0 Å². The Morgan fingerprint density at radius 2 is 2.04 bits per heavy atom. The van der Waals surface area contributed by atoms with Crippen LogP contribution in [0.5, 0.6) is 5.75 Å². The Labute approximate surface area is 137 Å². The van der Waals surface area contributed by atoms with Gasteiger partial charge in [-0.2, -0.15) is 0 Å². The molecule has 3 rings (SSSR count). The molecule has 2 aliphatic rings. The van der Waals surface area contributed by atoms with Gasteiger partial charge in [-0.1, -0.05) is 12.1 Å². The molecular formula is C18H27NO4. The molecule has 2 fully saturated rings. The van der Waals surface area contributed by atoms with E-state index in [-0.39, 0.29) is 18.1 Å². The molecule has 2 saturated heterocycles. The lowest BCUT2D eigenvalue weighted by Gasteiger charge is -2.46. The summed E-state index contributed by atoms with van der Waals surface area (Å²) in [5, 5.41) is 20.9. The highest BCUT2D eigenvalue weighted by Gasteiger charge is 2.46. The fraction of sp³-hybridized carbons (Fsp3) is 0.667. The van der Waals surface area contributed by atoms with Crippen molar-refractivity contribution >= 4 is 0 Å². The van der Waals surface area contributed by atoms with Gasteiger partial charge in [-0.15, -0.1) is 0 Å². The van der Waals surface area contributed by atoms with E-state index in [9.17, 15) is 10.2 Å². The van der Waals surface area contributed by atoms with Crippen LogP contribution in [-0.2, 0) is 10.3 Å². The average Bonchev–Trinajstić information content (AvgIpc) is 3.00. The Balaban J connectivity index is 1.76. The quantitative estimate of drug-likeness (QED) is 0.829. The molecule has 128 valence electrons. The highest BCUT2D eigenvalue weighted by molar-refractivity contribution is 5.31. The van der Waals surface area contributed by atoms with Crippen LogP contribution < -0.4 is 4.74 Å². The summed E-state index contributed by atoms with van der Waals surface area (Å²) in [6, 6.07) is 7.70. The smallest absolute Gasteiger partial charge is 0.118 e. The van der Waals surface area contributed by atoms with Gasteiger partial charge in [0.1, 0.15) is 11.4 Å². The number of benzene rings is 1. The summed E-state index contributed by atoms with van der Waals surface area (Å²) in [6.45, 7) is 4.98. The maximum atomic E-state index is 11.2. The average molecular weight is 321 g/mol. The van der Waals surface area contributed by atoms with E-state index in [2.05, 4.69) is 4.90 Å². The molecular weight excluding hydrogens is 294 g/mol. The van der Waals surface area contributed by atoms with E-state index in [1.54, 1.807) is 7.11 Å². The van der Waals surface area contributed by atoms with Gasteiger partial charge in [0.25, 0.3) is 0 Å². The first-order valence-corrected chi connectivity index (χ1v) is 8.30. The van der Waals surface area contributed by atoms with Crippen molar-refractivity contribution in [3.05, 3.63) is 29.8 Å². The van der Waals surface area contributed by atoms with Gasteiger partial charge in [0.2, 0.25) is 0 Å². The molecule has 0 aromatic heterocycles. The molecule has 0 bridgehead atoms. The second-order valence-corrected chi connectivity index (χ2v) is 7.16. The number of hydrogen-bond acceptors (Lipinski definition) is 5. The number of hydrogen-bond donors (Lipinski definition) is 2. The molecule has 2 unspecified atom stereocenters. The van der Waals surface area contributed by atoms with Gasteiger partial charge in [0, 0.05) is 12.6 Å². The van der Waals surface area contributed by atoms with Crippen molar-refractivity contribution in [1.29, 1.82) is 0 Å². The zero-order valence-electron chi connectivity index (χ0n) is 14.0. The zero-order chi connectivity index (χ0) is 16.5. The van der Waals surface area contributed by atoms with Crippen LogP contribution in [0, 0.1) is 5.41 Å².